The van der Waals surface area contributed by atoms with E-state index in [0.29, 0.717) is 5.56 Å². The molecular weight excluding hydrogens is 280 g/mol. The summed E-state index contributed by atoms with van der Waals surface area (Å²) in [5.41, 5.74) is 0.241. The van der Waals surface area contributed by atoms with Gasteiger partial charge in [-0.1, -0.05) is 0 Å². The number of rotatable bonds is 2. The Bertz CT molecular complexity index is 762. The Hall–Kier alpha value is -1.67. The normalized spacial score (nSPS) is 11.7. The van der Waals surface area contributed by atoms with E-state index in [9.17, 15) is 13.2 Å². The summed E-state index contributed by atoms with van der Waals surface area (Å²) in [5.74, 6) is 0.256. The predicted molar refractivity (Wildman–Crippen MR) is 64.7 cm³/mol. The maximum absolute atomic E-state index is 11.5. The van der Waals surface area contributed by atoms with Crippen LogP contribution in [0.25, 0.3) is 11.4 Å². The Morgan fingerprint density at radius 1 is 1.28 bits per heavy atom. The van der Waals surface area contributed by atoms with Crippen molar-refractivity contribution in [3.8, 4) is 11.4 Å². The first-order valence-electron chi connectivity index (χ1n) is 4.82. The lowest BCUT2D eigenvalue weighted by molar-refractivity contribution is 0.593. The van der Waals surface area contributed by atoms with Gasteiger partial charge in [-0.2, -0.15) is 0 Å². The molecule has 0 radical (unpaired) electrons. The second-order valence-electron chi connectivity index (χ2n) is 3.67. The number of hydrogen-bond donors (Lipinski definition) is 0. The van der Waals surface area contributed by atoms with Crippen LogP contribution in [0.2, 0.25) is 0 Å². The lowest BCUT2D eigenvalue weighted by Gasteiger charge is -2.02. The highest BCUT2D eigenvalue weighted by atomic mass is 35.7. The van der Waals surface area contributed by atoms with Crippen LogP contribution in [-0.2, 0) is 23.1 Å². The molecule has 0 N–H and O–H groups in total. The summed E-state index contributed by atoms with van der Waals surface area (Å²) < 4.78 is 25.0. The quantitative estimate of drug-likeness (QED) is 0.732. The summed E-state index contributed by atoms with van der Waals surface area (Å²) in [6.45, 7) is 0. The molecule has 0 saturated carbocycles. The molecule has 2 aromatic rings. The van der Waals surface area contributed by atoms with Crippen molar-refractivity contribution in [1.29, 1.82) is 0 Å². The maximum atomic E-state index is 11.5. The van der Waals surface area contributed by atoms with E-state index >= 15 is 0 Å². The van der Waals surface area contributed by atoms with Crippen LogP contribution < -0.4 is 5.56 Å². The molecule has 2 aromatic heterocycles. The smallest absolute Gasteiger partial charge is 0.296 e. The molecule has 0 fully saturated rings. The Kier molecular flexibility index (Phi) is 2.99. The fourth-order valence-corrected chi connectivity index (χ4v) is 2.42. The Morgan fingerprint density at radius 2 is 1.94 bits per heavy atom. The molecule has 0 aromatic carbocycles. The highest BCUT2D eigenvalue weighted by Crippen LogP contribution is 2.19. The number of hydrogen-bond acceptors (Lipinski definition) is 5. The Balaban J connectivity index is 2.63. The molecule has 96 valence electrons. The van der Waals surface area contributed by atoms with Crippen molar-refractivity contribution in [2.75, 3.05) is 0 Å². The van der Waals surface area contributed by atoms with E-state index in [0.717, 1.165) is 0 Å². The highest BCUT2D eigenvalue weighted by molar-refractivity contribution is 8.13. The van der Waals surface area contributed by atoms with Crippen LogP contribution in [0.1, 0.15) is 0 Å². The maximum Gasteiger partial charge on any atom is 0.296 e. The molecular formula is C9H9ClN4O3S. The van der Waals surface area contributed by atoms with Crippen LogP contribution in [-0.4, -0.2) is 27.7 Å². The zero-order valence-corrected chi connectivity index (χ0v) is 11.1. The number of pyridine rings is 1. The van der Waals surface area contributed by atoms with E-state index in [1.807, 2.05) is 0 Å². The minimum atomic E-state index is -3.96. The fraction of sp³-hybridized carbons (Fsp3) is 0.222. The van der Waals surface area contributed by atoms with Crippen molar-refractivity contribution in [2.45, 2.75) is 5.16 Å². The third-order valence-corrected chi connectivity index (χ3v) is 3.62. The molecule has 2 rings (SSSR count). The third kappa shape index (κ3) is 2.16. The van der Waals surface area contributed by atoms with Gasteiger partial charge in [0, 0.05) is 42.6 Å². The van der Waals surface area contributed by atoms with Gasteiger partial charge in [-0.15, -0.1) is 10.2 Å². The number of nitrogens with zero attached hydrogens (tertiary/aromatic N) is 4. The molecule has 0 amide bonds. The summed E-state index contributed by atoms with van der Waals surface area (Å²) in [5, 5.41) is 6.86. The number of halogens is 1. The van der Waals surface area contributed by atoms with E-state index in [-0.39, 0.29) is 16.5 Å². The SMILES string of the molecule is Cn1c(-c2ccn(C)c(=O)c2)nnc1S(=O)(=O)Cl. The Labute approximate surface area is 107 Å². The lowest BCUT2D eigenvalue weighted by atomic mass is 10.2. The van der Waals surface area contributed by atoms with Crippen molar-refractivity contribution in [2.24, 2.45) is 14.1 Å². The number of aryl methyl sites for hydroxylation is 1. The minimum absolute atomic E-state index is 0.231. The van der Waals surface area contributed by atoms with Gasteiger partial charge >= 0.3 is 0 Å². The van der Waals surface area contributed by atoms with Gasteiger partial charge in [0.1, 0.15) is 0 Å². The predicted octanol–water partition coefficient (Wildman–Crippen LogP) is 0.108. The average Bonchev–Trinajstić information content (AvgIpc) is 2.64. The molecule has 7 nitrogen and oxygen atoms in total. The van der Waals surface area contributed by atoms with Gasteiger partial charge < -0.3 is 4.57 Å². The largest absolute Gasteiger partial charge is 0.319 e. The van der Waals surface area contributed by atoms with E-state index in [1.165, 1.54) is 22.2 Å². The van der Waals surface area contributed by atoms with E-state index in [1.54, 1.807) is 19.3 Å². The first-order valence-corrected chi connectivity index (χ1v) is 7.13. The van der Waals surface area contributed by atoms with Gasteiger partial charge in [-0.25, -0.2) is 8.42 Å². The van der Waals surface area contributed by atoms with Crippen LogP contribution >= 0.6 is 10.7 Å². The summed E-state index contributed by atoms with van der Waals surface area (Å²) in [6, 6.07) is 2.98. The van der Waals surface area contributed by atoms with Crippen molar-refractivity contribution >= 4 is 19.7 Å². The molecule has 9 heteroatoms. The molecule has 2 heterocycles. The van der Waals surface area contributed by atoms with Gasteiger partial charge in [0.2, 0.25) is 0 Å². The lowest BCUT2D eigenvalue weighted by Crippen LogP contribution is -2.14. The molecule has 0 atom stereocenters. The van der Waals surface area contributed by atoms with Crippen LogP contribution in [0.4, 0.5) is 0 Å². The zero-order valence-electron chi connectivity index (χ0n) is 9.53. The average molecular weight is 289 g/mol. The van der Waals surface area contributed by atoms with Crippen molar-refractivity contribution in [3.63, 3.8) is 0 Å². The number of aromatic nitrogens is 4. The molecule has 0 aliphatic rings. The van der Waals surface area contributed by atoms with E-state index < -0.39 is 9.05 Å². The fourth-order valence-electron chi connectivity index (χ4n) is 1.47. The van der Waals surface area contributed by atoms with Crippen molar-refractivity contribution in [3.05, 3.63) is 28.7 Å². The van der Waals surface area contributed by atoms with Gasteiger partial charge in [0.25, 0.3) is 19.8 Å². The van der Waals surface area contributed by atoms with Gasteiger partial charge in [-0.3, -0.25) is 9.36 Å². The molecule has 0 spiro atoms. The summed E-state index contributed by atoms with van der Waals surface area (Å²) in [4.78, 5) is 11.5. The molecule has 0 bridgehead atoms. The van der Waals surface area contributed by atoms with E-state index in [2.05, 4.69) is 10.2 Å². The van der Waals surface area contributed by atoms with Gasteiger partial charge in [0.15, 0.2) is 5.82 Å². The van der Waals surface area contributed by atoms with E-state index in [4.69, 9.17) is 10.7 Å². The van der Waals surface area contributed by atoms with Crippen molar-refractivity contribution < 1.29 is 8.42 Å². The van der Waals surface area contributed by atoms with Gasteiger partial charge in [-0.05, 0) is 6.07 Å². The minimum Gasteiger partial charge on any atom is -0.319 e. The zero-order chi connectivity index (χ0) is 13.5. The topological polar surface area (TPSA) is 86.8 Å². The molecule has 0 aliphatic heterocycles. The molecule has 0 unspecified atom stereocenters. The van der Waals surface area contributed by atoms with Crippen LogP contribution in [0.5, 0.6) is 0 Å². The first kappa shape index (κ1) is 12.8. The highest BCUT2D eigenvalue weighted by Gasteiger charge is 2.21. The van der Waals surface area contributed by atoms with Gasteiger partial charge in [0.05, 0.1) is 0 Å². The molecule has 0 aliphatic carbocycles. The summed E-state index contributed by atoms with van der Waals surface area (Å²) in [7, 11) is 4.31. The third-order valence-electron chi connectivity index (χ3n) is 2.42. The Morgan fingerprint density at radius 3 is 2.44 bits per heavy atom. The van der Waals surface area contributed by atoms with Crippen molar-refractivity contribution in [1.82, 2.24) is 19.3 Å². The van der Waals surface area contributed by atoms with Crippen LogP contribution in [0.15, 0.2) is 28.3 Å². The van der Waals surface area contributed by atoms with Crippen LogP contribution in [0, 0.1) is 0 Å². The standard InChI is InChI=1S/C9H9ClN4O3S/c1-13-4-3-6(5-7(13)15)8-11-12-9(14(8)2)18(10,16)17/h3-5H,1-2H3. The first-order chi connectivity index (χ1) is 8.30. The summed E-state index contributed by atoms with van der Waals surface area (Å²) >= 11 is 0. The van der Waals surface area contributed by atoms with Crippen LogP contribution in [0.3, 0.4) is 0 Å². The second-order valence-corrected chi connectivity index (χ2v) is 6.13. The molecule has 0 saturated heterocycles. The second kappa shape index (κ2) is 4.21. The monoisotopic (exact) mass is 288 g/mol. The summed E-state index contributed by atoms with van der Waals surface area (Å²) in [6.07, 6.45) is 1.56. The molecule has 18 heavy (non-hydrogen) atoms.